The van der Waals surface area contributed by atoms with E-state index in [2.05, 4.69) is 35.1 Å². The van der Waals surface area contributed by atoms with Crippen LogP contribution in [-0.4, -0.2) is 46.0 Å². The van der Waals surface area contributed by atoms with Crippen molar-refractivity contribution in [2.75, 3.05) is 0 Å². The molecule has 0 spiro atoms. The fourth-order valence-electron chi connectivity index (χ4n) is 5.72. The van der Waals surface area contributed by atoms with Gasteiger partial charge in [-0.1, -0.05) is 23.7 Å². The maximum Gasteiger partial charge on any atom is 0.245 e. The molecule has 3 aromatic rings. The van der Waals surface area contributed by atoms with Gasteiger partial charge in [0.2, 0.25) is 10.0 Å². The first kappa shape index (κ1) is 22.3. The Morgan fingerprint density at radius 3 is 2.44 bits per heavy atom. The second-order valence-corrected chi connectivity index (χ2v) is 12.2. The smallest absolute Gasteiger partial charge is 0.245 e. The Labute approximate surface area is 205 Å². The quantitative estimate of drug-likeness (QED) is 0.503. The van der Waals surface area contributed by atoms with Crippen LogP contribution in [0.25, 0.3) is 22.6 Å². The largest absolute Gasteiger partial charge is 0.393 e. The predicted molar refractivity (Wildman–Crippen MR) is 132 cm³/mol. The number of H-pyrrole nitrogens is 1. The van der Waals surface area contributed by atoms with Crippen LogP contribution in [0.2, 0.25) is 5.02 Å². The van der Waals surface area contributed by atoms with E-state index in [9.17, 15) is 13.5 Å². The van der Waals surface area contributed by atoms with Crippen molar-refractivity contribution in [2.24, 2.45) is 0 Å². The molecule has 2 bridgehead atoms. The summed E-state index contributed by atoms with van der Waals surface area (Å²) in [4.78, 5) is 8.02. The average molecular weight is 498 g/mol. The van der Waals surface area contributed by atoms with Crippen molar-refractivity contribution in [1.29, 1.82) is 0 Å². The van der Waals surface area contributed by atoms with Crippen LogP contribution in [-0.2, 0) is 10.0 Å². The summed E-state index contributed by atoms with van der Waals surface area (Å²) in [5.41, 5.74) is 5.37. The molecule has 6 nitrogen and oxygen atoms in total. The molecule has 8 heteroatoms. The number of aliphatic hydroxyl groups is 1. The fourth-order valence-corrected chi connectivity index (χ4v) is 8.11. The van der Waals surface area contributed by atoms with Gasteiger partial charge in [0, 0.05) is 17.6 Å². The van der Waals surface area contributed by atoms with Gasteiger partial charge in [-0.15, -0.1) is 0 Å². The molecule has 178 valence electrons. The Hall–Kier alpha value is -2.19. The SMILES string of the molecule is Cc1ccc(-c2cnc(-c3ccc(Cl)c(S(=O)(=O)N4C5CC[C@@H]4CC(O)C5)c3)[nH]2)cc1C1CC1. The highest BCUT2D eigenvalue weighted by Gasteiger charge is 2.47. The zero-order chi connectivity index (χ0) is 23.6. The van der Waals surface area contributed by atoms with E-state index in [1.165, 1.54) is 24.0 Å². The molecule has 34 heavy (non-hydrogen) atoms. The summed E-state index contributed by atoms with van der Waals surface area (Å²) in [5.74, 6) is 1.27. The number of fused-ring (bicyclic) bond motifs is 2. The summed E-state index contributed by atoms with van der Waals surface area (Å²) >= 11 is 6.41. The molecule has 6 rings (SSSR count). The highest BCUT2D eigenvalue weighted by molar-refractivity contribution is 7.89. The first-order chi connectivity index (χ1) is 16.3. The second kappa shape index (κ2) is 8.19. The first-order valence-corrected chi connectivity index (χ1v) is 13.8. The monoisotopic (exact) mass is 497 g/mol. The number of hydrogen-bond donors (Lipinski definition) is 2. The number of aromatic amines is 1. The minimum atomic E-state index is -3.79. The van der Waals surface area contributed by atoms with Crippen LogP contribution in [0.15, 0.2) is 47.5 Å². The molecule has 2 N–H and O–H groups in total. The van der Waals surface area contributed by atoms with Crippen molar-refractivity contribution >= 4 is 21.6 Å². The van der Waals surface area contributed by atoms with Gasteiger partial charge in [0.15, 0.2) is 0 Å². The number of benzene rings is 2. The lowest BCUT2D eigenvalue weighted by molar-refractivity contribution is 0.0769. The number of aromatic nitrogens is 2. The maximum absolute atomic E-state index is 13.7. The lowest BCUT2D eigenvalue weighted by Crippen LogP contribution is -2.47. The Kier molecular flexibility index (Phi) is 5.37. The molecule has 3 atom stereocenters. The molecule has 0 radical (unpaired) electrons. The lowest BCUT2D eigenvalue weighted by atomic mass is 10.00. The van der Waals surface area contributed by atoms with Gasteiger partial charge >= 0.3 is 0 Å². The molecule has 2 saturated heterocycles. The van der Waals surface area contributed by atoms with E-state index >= 15 is 0 Å². The van der Waals surface area contributed by atoms with Gasteiger partial charge in [0.05, 0.1) is 23.0 Å². The molecule has 0 amide bonds. The molecule has 1 aliphatic carbocycles. The Morgan fingerprint density at radius 2 is 1.74 bits per heavy atom. The normalized spacial score (nSPS) is 25.1. The van der Waals surface area contributed by atoms with E-state index in [0.29, 0.717) is 30.1 Å². The van der Waals surface area contributed by atoms with Crippen LogP contribution in [0, 0.1) is 6.92 Å². The number of aliphatic hydroxyl groups excluding tert-OH is 1. The summed E-state index contributed by atoms with van der Waals surface area (Å²) in [6.45, 7) is 2.15. The van der Waals surface area contributed by atoms with Crippen molar-refractivity contribution in [3.63, 3.8) is 0 Å². The maximum atomic E-state index is 13.7. The number of nitrogens with one attached hydrogen (secondary N) is 1. The molecule has 1 saturated carbocycles. The number of piperidine rings is 1. The zero-order valence-electron chi connectivity index (χ0n) is 19.0. The predicted octanol–water partition coefficient (Wildman–Crippen LogP) is 5.26. The number of sulfonamides is 1. The van der Waals surface area contributed by atoms with Gasteiger partial charge in [0.1, 0.15) is 10.7 Å². The molecular formula is C26H28ClN3O3S. The van der Waals surface area contributed by atoms with Gasteiger partial charge in [-0.05, 0) is 92.3 Å². The summed E-state index contributed by atoms with van der Waals surface area (Å²) in [6.07, 6.45) is 6.37. The van der Waals surface area contributed by atoms with Gasteiger partial charge in [-0.25, -0.2) is 13.4 Å². The summed E-state index contributed by atoms with van der Waals surface area (Å²) < 4.78 is 28.9. The highest BCUT2D eigenvalue weighted by atomic mass is 35.5. The molecule has 2 aliphatic heterocycles. The Morgan fingerprint density at radius 1 is 1.03 bits per heavy atom. The molecular weight excluding hydrogens is 470 g/mol. The molecule has 2 aromatic carbocycles. The first-order valence-electron chi connectivity index (χ1n) is 12.0. The van der Waals surface area contributed by atoms with E-state index in [-0.39, 0.29) is 22.0 Å². The van der Waals surface area contributed by atoms with Crippen molar-refractivity contribution in [1.82, 2.24) is 14.3 Å². The topological polar surface area (TPSA) is 86.3 Å². The molecule has 3 heterocycles. The Bertz CT molecular complexity index is 1350. The third kappa shape index (κ3) is 3.79. The van der Waals surface area contributed by atoms with Crippen molar-refractivity contribution in [2.45, 2.75) is 74.4 Å². The number of nitrogens with zero attached hydrogens (tertiary/aromatic N) is 2. The number of aryl methyl sites for hydroxylation is 1. The molecule has 3 aliphatic rings. The number of imidazole rings is 1. The van der Waals surface area contributed by atoms with Gasteiger partial charge in [0.25, 0.3) is 0 Å². The number of halogens is 1. The Balaban J connectivity index is 1.33. The van der Waals surface area contributed by atoms with E-state index in [0.717, 1.165) is 24.1 Å². The highest BCUT2D eigenvalue weighted by Crippen LogP contribution is 2.43. The van der Waals surface area contributed by atoms with E-state index < -0.39 is 16.1 Å². The lowest BCUT2D eigenvalue weighted by Gasteiger charge is -2.36. The van der Waals surface area contributed by atoms with Crippen LogP contribution < -0.4 is 0 Å². The van der Waals surface area contributed by atoms with Gasteiger partial charge in [-0.3, -0.25) is 0 Å². The number of rotatable bonds is 5. The zero-order valence-corrected chi connectivity index (χ0v) is 20.6. The van der Waals surface area contributed by atoms with Gasteiger partial charge < -0.3 is 10.1 Å². The minimum Gasteiger partial charge on any atom is -0.393 e. The van der Waals surface area contributed by atoms with E-state index in [4.69, 9.17) is 11.6 Å². The second-order valence-electron chi connectivity index (χ2n) is 9.98. The molecule has 3 fully saturated rings. The van der Waals surface area contributed by atoms with Crippen molar-refractivity contribution in [3.05, 3.63) is 58.7 Å². The van der Waals surface area contributed by atoms with Crippen molar-refractivity contribution in [3.8, 4) is 22.6 Å². The summed E-state index contributed by atoms with van der Waals surface area (Å²) in [6, 6.07) is 11.2. The fraction of sp³-hybridized carbons (Fsp3) is 0.423. The third-order valence-electron chi connectivity index (χ3n) is 7.58. The summed E-state index contributed by atoms with van der Waals surface area (Å²) in [5, 5.41) is 10.3. The van der Waals surface area contributed by atoms with Gasteiger partial charge in [-0.2, -0.15) is 4.31 Å². The van der Waals surface area contributed by atoms with Crippen LogP contribution in [0.4, 0.5) is 0 Å². The van der Waals surface area contributed by atoms with Crippen LogP contribution in [0.3, 0.4) is 0 Å². The minimum absolute atomic E-state index is 0.101. The standard InChI is InChI=1S/C26H28ClN3O3S/c1-15-2-3-17(10-22(15)16-4-5-16)24-14-28-26(29-24)18-6-9-23(27)25(11-18)34(32,33)30-19-7-8-20(30)13-21(31)12-19/h2-3,6,9-11,14,16,19-21,31H,4-5,7-8,12-13H2,1H3,(H,28,29)/t19-,20?,21?/m1/s1. The number of hydrogen-bond acceptors (Lipinski definition) is 4. The molecule has 2 unspecified atom stereocenters. The summed E-state index contributed by atoms with van der Waals surface area (Å²) in [7, 11) is -3.79. The van der Waals surface area contributed by atoms with Crippen LogP contribution in [0.1, 0.15) is 55.6 Å². The average Bonchev–Trinajstić information content (AvgIpc) is 3.45. The van der Waals surface area contributed by atoms with Crippen molar-refractivity contribution < 1.29 is 13.5 Å². The molecule has 1 aromatic heterocycles. The van der Waals surface area contributed by atoms with Crippen LogP contribution in [0.5, 0.6) is 0 Å². The van der Waals surface area contributed by atoms with Crippen LogP contribution >= 0.6 is 11.6 Å². The van der Waals surface area contributed by atoms with E-state index in [1.807, 2.05) is 0 Å². The third-order valence-corrected chi connectivity index (χ3v) is 10.1. The van der Waals surface area contributed by atoms with E-state index in [1.54, 1.807) is 28.7 Å².